The molecule has 0 amide bonds. The van der Waals surface area contributed by atoms with Crippen LogP contribution in [0.2, 0.25) is 0 Å². The highest BCUT2D eigenvalue weighted by atomic mass is 79.9. The molecule has 4 nitrogen and oxygen atoms in total. The fourth-order valence-electron chi connectivity index (χ4n) is 2.04. The first-order valence-corrected chi connectivity index (χ1v) is 7.83. The molecule has 0 N–H and O–H groups in total. The van der Waals surface area contributed by atoms with Crippen LogP contribution >= 0.6 is 27.5 Å². The van der Waals surface area contributed by atoms with Gasteiger partial charge in [-0.1, -0.05) is 22.9 Å². The second kappa shape index (κ2) is 7.09. The van der Waals surface area contributed by atoms with Gasteiger partial charge in [0.15, 0.2) is 5.82 Å². The normalized spacial score (nSPS) is 10.8. The molecule has 0 radical (unpaired) electrons. The molecule has 1 heterocycles. The largest absolute Gasteiger partial charge is 0.485 e. The van der Waals surface area contributed by atoms with Crippen molar-refractivity contribution in [3.63, 3.8) is 0 Å². The zero-order chi connectivity index (χ0) is 14.5. The Morgan fingerprint density at radius 1 is 1.40 bits per heavy atom. The van der Waals surface area contributed by atoms with Crippen molar-refractivity contribution in [1.82, 2.24) is 14.8 Å². The Morgan fingerprint density at radius 2 is 2.20 bits per heavy atom. The van der Waals surface area contributed by atoms with E-state index in [0.29, 0.717) is 12.5 Å². The molecule has 20 heavy (non-hydrogen) atoms. The number of aryl methyl sites for hydroxylation is 2. The summed E-state index contributed by atoms with van der Waals surface area (Å²) in [6.45, 7) is 5.36. The van der Waals surface area contributed by atoms with Crippen molar-refractivity contribution in [2.75, 3.05) is 0 Å². The van der Waals surface area contributed by atoms with Gasteiger partial charge in [0, 0.05) is 16.6 Å². The van der Waals surface area contributed by atoms with Gasteiger partial charge in [-0.2, -0.15) is 5.10 Å². The Bertz CT molecular complexity index is 586. The zero-order valence-corrected chi connectivity index (χ0v) is 13.9. The molecule has 2 rings (SSSR count). The summed E-state index contributed by atoms with van der Waals surface area (Å²) in [5.74, 6) is 2.07. The van der Waals surface area contributed by atoms with E-state index in [0.717, 1.165) is 40.1 Å². The molecule has 1 aromatic heterocycles. The lowest BCUT2D eigenvalue weighted by molar-refractivity contribution is 0.282. The predicted molar refractivity (Wildman–Crippen MR) is 83.1 cm³/mol. The van der Waals surface area contributed by atoms with Crippen LogP contribution in [0.5, 0.6) is 5.75 Å². The van der Waals surface area contributed by atoms with Gasteiger partial charge in [0.25, 0.3) is 0 Å². The lowest BCUT2D eigenvalue weighted by Crippen LogP contribution is -2.09. The van der Waals surface area contributed by atoms with Crippen molar-refractivity contribution in [1.29, 1.82) is 0 Å². The summed E-state index contributed by atoms with van der Waals surface area (Å²) in [6.07, 6.45) is 2.58. The summed E-state index contributed by atoms with van der Waals surface area (Å²) in [4.78, 5) is 4.24. The van der Waals surface area contributed by atoms with Crippen LogP contribution in [0.3, 0.4) is 0 Å². The van der Waals surface area contributed by atoms with E-state index >= 15 is 0 Å². The number of aromatic nitrogens is 3. The maximum atomic E-state index is 5.98. The summed E-state index contributed by atoms with van der Waals surface area (Å²) in [5.41, 5.74) is 2.02. The third-order valence-corrected chi connectivity index (χ3v) is 3.68. The molecule has 0 atom stereocenters. The molecule has 0 aliphatic carbocycles. The van der Waals surface area contributed by atoms with Crippen LogP contribution < -0.4 is 4.74 Å². The molecular formula is C14H17BrClN3O. The van der Waals surface area contributed by atoms with Crippen molar-refractivity contribution in [2.24, 2.45) is 0 Å². The summed E-state index contributed by atoms with van der Waals surface area (Å²) in [6, 6.07) is 3.99. The van der Waals surface area contributed by atoms with E-state index in [2.05, 4.69) is 32.9 Å². The number of ether oxygens (including phenoxy) is 1. The summed E-state index contributed by atoms with van der Waals surface area (Å²) < 4.78 is 8.79. The third kappa shape index (κ3) is 3.52. The van der Waals surface area contributed by atoms with Crippen LogP contribution in [0.4, 0.5) is 0 Å². The van der Waals surface area contributed by atoms with Gasteiger partial charge in [-0.15, -0.1) is 11.6 Å². The average molecular weight is 359 g/mol. The number of alkyl halides is 1. The molecule has 0 saturated carbocycles. The smallest absolute Gasteiger partial charge is 0.164 e. The zero-order valence-electron chi connectivity index (χ0n) is 11.6. The van der Waals surface area contributed by atoms with E-state index < -0.39 is 0 Å². The van der Waals surface area contributed by atoms with E-state index in [-0.39, 0.29) is 0 Å². The van der Waals surface area contributed by atoms with Crippen LogP contribution in [-0.2, 0) is 19.0 Å². The minimum absolute atomic E-state index is 0.395. The minimum Gasteiger partial charge on any atom is -0.485 e. The van der Waals surface area contributed by atoms with Crippen LogP contribution in [0.25, 0.3) is 0 Å². The van der Waals surface area contributed by atoms with Crippen molar-refractivity contribution < 1.29 is 4.74 Å². The van der Waals surface area contributed by atoms with Gasteiger partial charge >= 0.3 is 0 Å². The van der Waals surface area contributed by atoms with Gasteiger partial charge < -0.3 is 4.74 Å². The van der Waals surface area contributed by atoms with Gasteiger partial charge in [0.2, 0.25) is 0 Å². The van der Waals surface area contributed by atoms with Gasteiger partial charge in [0.1, 0.15) is 18.7 Å². The van der Waals surface area contributed by atoms with Crippen LogP contribution in [-0.4, -0.2) is 14.8 Å². The summed E-state index contributed by atoms with van der Waals surface area (Å²) in [5, 5.41) is 4.19. The van der Waals surface area contributed by atoms with Crippen molar-refractivity contribution >= 4 is 27.5 Å². The first kappa shape index (κ1) is 15.3. The number of benzene rings is 1. The number of halogens is 2. The second-order valence-corrected chi connectivity index (χ2v) is 5.72. The second-order valence-electron chi connectivity index (χ2n) is 4.53. The minimum atomic E-state index is 0.395. The van der Waals surface area contributed by atoms with Crippen LogP contribution in [0, 0.1) is 6.92 Å². The quantitative estimate of drug-likeness (QED) is 0.731. The predicted octanol–water partition coefficient (Wildman–Crippen LogP) is 4.08. The van der Waals surface area contributed by atoms with E-state index in [1.54, 1.807) is 6.33 Å². The summed E-state index contributed by atoms with van der Waals surface area (Å²) >= 11 is 9.45. The first-order valence-electron chi connectivity index (χ1n) is 6.50. The molecule has 0 saturated heterocycles. The molecule has 6 heteroatoms. The Morgan fingerprint density at radius 3 is 2.90 bits per heavy atom. The Hall–Kier alpha value is -1.07. The van der Waals surface area contributed by atoms with Crippen molar-refractivity contribution in [3.05, 3.63) is 39.9 Å². The monoisotopic (exact) mass is 357 g/mol. The number of rotatable bonds is 6. The Balaban J connectivity index is 2.16. The Kier molecular flexibility index (Phi) is 5.43. The molecule has 0 aliphatic heterocycles. The molecule has 0 fully saturated rings. The number of nitrogens with zero attached hydrogens (tertiary/aromatic N) is 3. The van der Waals surface area contributed by atoms with Crippen LogP contribution in [0.1, 0.15) is 30.3 Å². The van der Waals surface area contributed by atoms with Gasteiger partial charge in [-0.3, -0.25) is 0 Å². The van der Waals surface area contributed by atoms with Crippen LogP contribution in [0.15, 0.2) is 22.9 Å². The lowest BCUT2D eigenvalue weighted by Gasteiger charge is -2.13. The molecule has 1 aromatic carbocycles. The molecule has 0 spiro atoms. The average Bonchev–Trinajstić information content (AvgIpc) is 2.85. The third-order valence-electron chi connectivity index (χ3n) is 2.94. The highest BCUT2D eigenvalue weighted by Gasteiger charge is 2.11. The SMILES string of the molecule is CCCn1ncnc1COc1c(C)cc(Br)cc1CCl. The molecule has 0 aliphatic rings. The first-order chi connectivity index (χ1) is 9.65. The maximum absolute atomic E-state index is 5.98. The lowest BCUT2D eigenvalue weighted by atomic mass is 10.1. The highest BCUT2D eigenvalue weighted by Crippen LogP contribution is 2.29. The van der Waals surface area contributed by atoms with Gasteiger partial charge in [-0.05, 0) is 31.0 Å². The highest BCUT2D eigenvalue weighted by molar-refractivity contribution is 9.10. The van der Waals surface area contributed by atoms with E-state index in [1.165, 1.54) is 0 Å². The number of hydrogen-bond donors (Lipinski definition) is 0. The molecule has 0 bridgehead atoms. The molecule has 108 valence electrons. The topological polar surface area (TPSA) is 39.9 Å². The molecule has 0 unspecified atom stereocenters. The van der Waals surface area contributed by atoms with Gasteiger partial charge in [0.05, 0.1) is 5.88 Å². The van der Waals surface area contributed by atoms with Gasteiger partial charge in [-0.25, -0.2) is 9.67 Å². The Labute approximate surface area is 132 Å². The van der Waals surface area contributed by atoms with E-state index in [9.17, 15) is 0 Å². The van der Waals surface area contributed by atoms with Crippen molar-refractivity contribution in [3.8, 4) is 5.75 Å². The van der Waals surface area contributed by atoms with Crippen molar-refractivity contribution in [2.45, 2.75) is 39.3 Å². The number of hydrogen-bond acceptors (Lipinski definition) is 3. The van der Waals surface area contributed by atoms with E-state index in [4.69, 9.17) is 16.3 Å². The standard InChI is InChI=1S/C14H17BrClN3O/c1-3-4-19-13(17-9-18-19)8-20-14-10(2)5-12(15)6-11(14)7-16/h5-6,9H,3-4,7-8H2,1-2H3. The fourth-order valence-corrected chi connectivity index (χ4v) is 2.86. The van der Waals surface area contributed by atoms with E-state index in [1.807, 2.05) is 23.7 Å². The molecule has 2 aromatic rings. The fraction of sp³-hybridized carbons (Fsp3) is 0.429. The summed E-state index contributed by atoms with van der Waals surface area (Å²) in [7, 11) is 0. The molecular weight excluding hydrogens is 342 g/mol. The maximum Gasteiger partial charge on any atom is 0.164 e.